The number of aryl methyl sites for hydroxylation is 1. The van der Waals surface area contributed by atoms with Crippen LogP contribution in [0, 0.1) is 6.92 Å². The zero-order valence-corrected chi connectivity index (χ0v) is 14.6. The number of phenolic OH excluding ortho intramolecular Hbond substituents is 1. The lowest BCUT2D eigenvalue weighted by Crippen LogP contribution is -2.05. The van der Waals surface area contributed by atoms with E-state index < -0.39 is 0 Å². The van der Waals surface area contributed by atoms with Crippen LogP contribution in [0.1, 0.15) is 49.0 Å². The Morgan fingerprint density at radius 3 is 2.77 bits per heavy atom. The van der Waals surface area contributed by atoms with Crippen LogP contribution >= 0.6 is 0 Å². The summed E-state index contributed by atoms with van der Waals surface area (Å²) < 4.78 is 5.40. The highest BCUT2D eigenvalue weighted by Gasteiger charge is 2.22. The van der Waals surface area contributed by atoms with Gasteiger partial charge in [-0.05, 0) is 31.9 Å². The summed E-state index contributed by atoms with van der Waals surface area (Å²) in [6.45, 7) is 2.32. The van der Waals surface area contributed by atoms with E-state index >= 15 is 0 Å². The third kappa shape index (κ3) is 3.51. The fourth-order valence-corrected chi connectivity index (χ4v) is 3.29. The number of rotatable bonds is 5. The van der Waals surface area contributed by atoms with Crippen molar-refractivity contribution in [2.45, 2.75) is 45.1 Å². The first-order valence-electron chi connectivity index (χ1n) is 8.89. The molecule has 0 spiro atoms. The van der Waals surface area contributed by atoms with Crippen molar-refractivity contribution in [1.29, 1.82) is 0 Å². The van der Waals surface area contributed by atoms with E-state index in [4.69, 9.17) is 4.52 Å². The van der Waals surface area contributed by atoms with Crippen LogP contribution in [0.4, 0.5) is 5.82 Å². The van der Waals surface area contributed by atoms with Gasteiger partial charge in [0, 0.05) is 17.7 Å². The predicted molar refractivity (Wildman–Crippen MR) is 96.7 cm³/mol. The molecule has 1 fully saturated rings. The molecular weight excluding hydrogens is 330 g/mol. The number of benzene rings is 1. The number of aromatic nitrogens is 4. The molecule has 2 aromatic heterocycles. The average molecular weight is 351 g/mol. The molecule has 3 aromatic rings. The van der Waals surface area contributed by atoms with Crippen LogP contribution in [0.15, 0.2) is 34.9 Å². The van der Waals surface area contributed by atoms with Crippen molar-refractivity contribution in [2.75, 3.05) is 5.32 Å². The van der Waals surface area contributed by atoms with E-state index in [0.717, 1.165) is 24.4 Å². The number of phenols is 1. The number of para-hydroxylation sites is 1. The molecule has 26 heavy (non-hydrogen) atoms. The topological polar surface area (TPSA) is 97.0 Å². The Balaban J connectivity index is 1.49. The van der Waals surface area contributed by atoms with Gasteiger partial charge in [0.25, 0.3) is 0 Å². The number of aromatic hydroxyl groups is 1. The van der Waals surface area contributed by atoms with Crippen LogP contribution in [0.2, 0.25) is 0 Å². The van der Waals surface area contributed by atoms with Crippen molar-refractivity contribution < 1.29 is 9.63 Å². The zero-order chi connectivity index (χ0) is 17.9. The lowest BCUT2D eigenvalue weighted by Gasteiger charge is -2.08. The van der Waals surface area contributed by atoms with Crippen molar-refractivity contribution in [3.63, 3.8) is 0 Å². The Bertz CT molecular complexity index is 902. The van der Waals surface area contributed by atoms with Gasteiger partial charge in [-0.2, -0.15) is 4.98 Å². The first kappa shape index (κ1) is 16.5. The lowest BCUT2D eigenvalue weighted by atomic mass is 10.1. The number of hydrogen-bond acceptors (Lipinski definition) is 7. The van der Waals surface area contributed by atoms with Crippen molar-refractivity contribution in [2.24, 2.45) is 0 Å². The summed E-state index contributed by atoms with van der Waals surface area (Å²) in [5.74, 6) is 3.06. The van der Waals surface area contributed by atoms with E-state index in [1.807, 2.05) is 19.1 Å². The Morgan fingerprint density at radius 1 is 1.15 bits per heavy atom. The Hall–Kier alpha value is -2.96. The molecule has 0 amide bonds. The van der Waals surface area contributed by atoms with Gasteiger partial charge in [0.1, 0.15) is 11.6 Å². The summed E-state index contributed by atoms with van der Waals surface area (Å²) in [6.07, 6.45) is 4.72. The molecule has 0 radical (unpaired) electrons. The Morgan fingerprint density at radius 2 is 1.96 bits per heavy atom. The maximum absolute atomic E-state index is 10.0. The first-order valence-corrected chi connectivity index (χ1v) is 8.89. The molecule has 7 nitrogen and oxygen atoms in total. The summed E-state index contributed by atoms with van der Waals surface area (Å²) in [7, 11) is 0. The number of nitrogens with zero attached hydrogens (tertiary/aromatic N) is 4. The molecule has 0 aliphatic heterocycles. The summed E-state index contributed by atoms with van der Waals surface area (Å²) in [5.41, 5.74) is 1.41. The quantitative estimate of drug-likeness (QED) is 0.721. The molecule has 4 rings (SSSR count). The molecule has 1 saturated carbocycles. The van der Waals surface area contributed by atoms with E-state index in [9.17, 15) is 5.11 Å². The molecule has 1 aliphatic carbocycles. The highest BCUT2D eigenvalue weighted by atomic mass is 16.5. The minimum atomic E-state index is 0.156. The number of nitrogens with one attached hydrogen (secondary N) is 1. The van der Waals surface area contributed by atoms with Gasteiger partial charge in [-0.3, -0.25) is 0 Å². The van der Waals surface area contributed by atoms with Gasteiger partial charge in [-0.1, -0.05) is 30.1 Å². The maximum atomic E-state index is 10.0. The standard InChI is InChI=1S/C19H21N5O2/c1-12-10-16(22-18(21-12)14-8-4-5-9-15(14)25)20-11-17-23-19(26-24-17)13-6-2-3-7-13/h4-5,8-10,13,25H,2-3,6-7,11H2,1H3,(H,20,21,22). The van der Waals surface area contributed by atoms with Gasteiger partial charge in [0.05, 0.1) is 12.1 Å². The predicted octanol–water partition coefficient (Wildman–Crippen LogP) is 3.81. The molecule has 1 aliphatic rings. The molecule has 1 aromatic carbocycles. The van der Waals surface area contributed by atoms with Crippen LogP contribution < -0.4 is 5.32 Å². The van der Waals surface area contributed by atoms with Crippen molar-refractivity contribution >= 4 is 5.82 Å². The van der Waals surface area contributed by atoms with E-state index in [1.165, 1.54) is 12.8 Å². The molecule has 0 bridgehead atoms. The summed E-state index contributed by atoms with van der Waals surface area (Å²) in [5, 5.41) is 17.3. The third-order valence-electron chi connectivity index (χ3n) is 4.61. The van der Waals surface area contributed by atoms with Crippen molar-refractivity contribution in [3.05, 3.63) is 47.7 Å². The highest BCUT2D eigenvalue weighted by molar-refractivity contribution is 5.64. The molecule has 0 unspecified atom stereocenters. The Labute approximate surface area is 151 Å². The monoisotopic (exact) mass is 351 g/mol. The fraction of sp³-hybridized carbons (Fsp3) is 0.368. The summed E-state index contributed by atoms with van der Waals surface area (Å²) in [6, 6.07) is 8.88. The molecule has 7 heteroatoms. The van der Waals surface area contributed by atoms with Crippen LogP contribution in [0.25, 0.3) is 11.4 Å². The van der Waals surface area contributed by atoms with Crippen LogP contribution in [0.3, 0.4) is 0 Å². The third-order valence-corrected chi connectivity index (χ3v) is 4.61. The smallest absolute Gasteiger partial charge is 0.229 e. The number of hydrogen-bond donors (Lipinski definition) is 2. The second-order valence-electron chi connectivity index (χ2n) is 6.62. The van der Waals surface area contributed by atoms with Crippen molar-refractivity contribution in [1.82, 2.24) is 20.1 Å². The van der Waals surface area contributed by atoms with Crippen molar-refractivity contribution in [3.8, 4) is 17.1 Å². The zero-order valence-electron chi connectivity index (χ0n) is 14.6. The number of anilines is 1. The largest absolute Gasteiger partial charge is 0.507 e. The van der Waals surface area contributed by atoms with Gasteiger partial charge in [0.15, 0.2) is 11.6 Å². The minimum Gasteiger partial charge on any atom is -0.507 e. The van der Waals surface area contributed by atoms with Gasteiger partial charge in [-0.25, -0.2) is 9.97 Å². The average Bonchev–Trinajstić information content (AvgIpc) is 3.31. The molecule has 0 saturated heterocycles. The van der Waals surface area contributed by atoms with Gasteiger partial charge in [-0.15, -0.1) is 0 Å². The van der Waals surface area contributed by atoms with Gasteiger partial charge < -0.3 is 14.9 Å². The molecule has 0 atom stereocenters. The normalized spacial score (nSPS) is 14.7. The van der Waals surface area contributed by atoms with E-state index in [-0.39, 0.29) is 5.75 Å². The molecule has 2 N–H and O–H groups in total. The second-order valence-corrected chi connectivity index (χ2v) is 6.62. The van der Waals surface area contributed by atoms with Crippen LogP contribution in [0.5, 0.6) is 5.75 Å². The highest BCUT2D eigenvalue weighted by Crippen LogP contribution is 2.33. The lowest BCUT2D eigenvalue weighted by molar-refractivity contribution is 0.350. The maximum Gasteiger partial charge on any atom is 0.229 e. The summed E-state index contributed by atoms with van der Waals surface area (Å²) in [4.78, 5) is 13.4. The second kappa shape index (κ2) is 7.11. The van der Waals surface area contributed by atoms with E-state index in [2.05, 4.69) is 25.4 Å². The molecular formula is C19H21N5O2. The first-order chi connectivity index (χ1) is 12.7. The molecule has 2 heterocycles. The van der Waals surface area contributed by atoms with Crippen LogP contribution in [-0.2, 0) is 6.54 Å². The SMILES string of the molecule is Cc1cc(NCc2noc(C3CCCC3)n2)nc(-c2ccccc2O)n1. The summed E-state index contributed by atoms with van der Waals surface area (Å²) >= 11 is 0. The van der Waals surface area contributed by atoms with Crippen LogP contribution in [-0.4, -0.2) is 25.2 Å². The van der Waals surface area contributed by atoms with E-state index in [1.54, 1.807) is 18.2 Å². The Kier molecular flexibility index (Phi) is 4.51. The van der Waals surface area contributed by atoms with Gasteiger partial charge >= 0.3 is 0 Å². The molecule has 134 valence electrons. The minimum absolute atomic E-state index is 0.156. The van der Waals surface area contributed by atoms with E-state index in [0.29, 0.717) is 35.5 Å². The van der Waals surface area contributed by atoms with Gasteiger partial charge in [0.2, 0.25) is 5.89 Å². The fourth-order valence-electron chi connectivity index (χ4n) is 3.29.